The molecule has 1 aromatic rings. The standard InChI is InChI=1S/C13H23NOS/c1-2-3-4-5-6-7-8-12(15)11-13-14-9-10-16-13/h9-10,12,15H,2-8,11H2,1H3. The molecule has 1 rings (SSSR count). The third kappa shape index (κ3) is 6.23. The molecule has 1 unspecified atom stereocenters. The van der Waals surface area contributed by atoms with Crippen LogP contribution in [0.5, 0.6) is 0 Å². The van der Waals surface area contributed by atoms with Gasteiger partial charge in [0.15, 0.2) is 0 Å². The Morgan fingerprint density at radius 3 is 2.69 bits per heavy atom. The largest absolute Gasteiger partial charge is 0.393 e. The zero-order valence-corrected chi connectivity index (χ0v) is 11.0. The number of rotatable bonds is 9. The van der Waals surface area contributed by atoms with Crippen molar-refractivity contribution in [2.24, 2.45) is 0 Å². The zero-order chi connectivity index (χ0) is 11.6. The van der Waals surface area contributed by atoms with Crippen LogP contribution in [0.15, 0.2) is 11.6 Å². The second kappa shape index (κ2) is 8.71. The Bertz CT molecular complexity index is 248. The van der Waals surface area contributed by atoms with E-state index in [0.29, 0.717) is 0 Å². The van der Waals surface area contributed by atoms with E-state index in [-0.39, 0.29) is 6.10 Å². The van der Waals surface area contributed by atoms with Gasteiger partial charge in [-0.15, -0.1) is 11.3 Å². The number of thiazole rings is 1. The fourth-order valence-corrected chi connectivity index (χ4v) is 2.51. The quantitative estimate of drug-likeness (QED) is 0.667. The molecule has 0 spiro atoms. The summed E-state index contributed by atoms with van der Waals surface area (Å²) in [5.74, 6) is 0. The molecule has 92 valence electrons. The first-order valence-electron chi connectivity index (χ1n) is 6.39. The molecule has 0 aliphatic carbocycles. The highest BCUT2D eigenvalue weighted by molar-refractivity contribution is 7.09. The van der Waals surface area contributed by atoms with Crippen molar-refractivity contribution in [1.29, 1.82) is 0 Å². The Kier molecular flexibility index (Phi) is 7.43. The number of aliphatic hydroxyl groups excluding tert-OH is 1. The highest BCUT2D eigenvalue weighted by Crippen LogP contribution is 2.13. The van der Waals surface area contributed by atoms with Crippen molar-refractivity contribution in [2.75, 3.05) is 0 Å². The lowest BCUT2D eigenvalue weighted by molar-refractivity contribution is 0.161. The number of unbranched alkanes of at least 4 members (excludes halogenated alkanes) is 5. The molecule has 0 aliphatic rings. The summed E-state index contributed by atoms with van der Waals surface area (Å²) in [5, 5.41) is 12.8. The topological polar surface area (TPSA) is 33.1 Å². The Balaban J connectivity index is 1.96. The minimum atomic E-state index is -0.197. The van der Waals surface area contributed by atoms with Crippen LogP contribution in [0.3, 0.4) is 0 Å². The van der Waals surface area contributed by atoms with Crippen molar-refractivity contribution in [3.05, 3.63) is 16.6 Å². The summed E-state index contributed by atoms with van der Waals surface area (Å²) in [6, 6.07) is 0. The molecule has 1 heterocycles. The lowest BCUT2D eigenvalue weighted by Gasteiger charge is -2.08. The molecule has 2 nitrogen and oxygen atoms in total. The number of aromatic nitrogens is 1. The number of hydrogen-bond acceptors (Lipinski definition) is 3. The van der Waals surface area contributed by atoms with Crippen molar-refractivity contribution in [2.45, 2.75) is 64.4 Å². The normalized spacial score (nSPS) is 12.9. The van der Waals surface area contributed by atoms with Crippen LogP contribution in [0.4, 0.5) is 0 Å². The van der Waals surface area contributed by atoms with Gasteiger partial charge in [0.2, 0.25) is 0 Å². The van der Waals surface area contributed by atoms with Crippen LogP contribution in [0.1, 0.15) is 56.9 Å². The van der Waals surface area contributed by atoms with Crippen LogP contribution >= 0.6 is 11.3 Å². The van der Waals surface area contributed by atoms with E-state index in [1.807, 2.05) is 5.38 Å². The molecule has 0 bridgehead atoms. The van der Waals surface area contributed by atoms with Gasteiger partial charge in [0.25, 0.3) is 0 Å². The summed E-state index contributed by atoms with van der Waals surface area (Å²) >= 11 is 1.63. The van der Waals surface area contributed by atoms with Gasteiger partial charge >= 0.3 is 0 Å². The van der Waals surface area contributed by atoms with Gasteiger partial charge in [0.05, 0.1) is 11.1 Å². The molecule has 0 fully saturated rings. The smallest absolute Gasteiger partial charge is 0.0950 e. The Morgan fingerprint density at radius 2 is 2.00 bits per heavy atom. The van der Waals surface area contributed by atoms with Crippen molar-refractivity contribution in [1.82, 2.24) is 4.98 Å². The fraction of sp³-hybridized carbons (Fsp3) is 0.769. The predicted molar refractivity (Wildman–Crippen MR) is 69.8 cm³/mol. The van der Waals surface area contributed by atoms with E-state index in [1.54, 1.807) is 17.5 Å². The summed E-state index contributed by atoms with van der Waals surface area (Å²) in [5.41, 5.74) is 0. The molecule has 16 heavy (non-hydrogen) atoms. The molecule has 0 radical (unpaired) electrons. The van der Waals surface area contributed by atoms with Crippen molar-refractivity contribution >= 4 is 11.3 Å². The van der Waals surface area contributed by atoms with Gasteiger partial charge in [-0.3, -0.25) is 0 Å². The molecule has 0 aliphatic heterocycles. The highest BCUT2D eigenvalue weighted by atomic mass is 32.1. The summed E-state index contributed by atoms with van der Waals surface area (Å²) < 4.78 is 0. The molecular weight excluding hydrogens is 218 g/mol. The van der Waals surface area contributed by atoms with Crippen LogP contribution in [0.25, 0.3) is 0 Å². The van der Waals surface area contributed by atoms with Crippen LogP contribution in [0, 0.1) is 0 Å². The molecule has 0 amide bonds. The molecule has 0 saturated carbocycles. The number of hydrogen-bond donors (Lipinski definition) is 1. The third-order valence-corrected chi connectivity index (χ3v) is 3.59. The van der Waals surface area contributed by atoms with E-state index in [4.69, 9.17) is 0 Å². The van der Waals surface area contributed by atoms with Crippen LogP contribution < -0.4 is 0 Å². The second-order valence-corrected chi connectivity index (χ2v) is 5.32. The van der Waals surface area contributed by atoms with Gasteiger partial charge in [-0.2, -0.15) is 0 Å². The lowest BCUT2D eigenvalue weighted by Crippen LogP contribution is -2.09. The van der Waals surface area contributed by atoms with E-state index in [2.05, 4.69) is 11.9 Å². The molecule has 1 atom stereocenters. The van der Waals surface area contributed by atoms with Gasteiger partial charge in [0.1, 0.15) is 0 Å². The van der Waals surface area contributed by atoms with Crippen molar-refractivity contribution < 1.29 is 5.11 Å². The average Bonchev–Trinajstić information content (AvgIpc) is 2.76. The molecule has 1 aromatic heterocycles. The van der Waals surface area contributed by atoms with E-state index in [1.165, 1.54) is 32.1 Å². The average molecular weight is 241 g/mol. The Morgan fingerprint density at radius 1 is 1.25 bits per heavy atom. The molecule has 3 heteroatoms. The fourth-order valence-electron chi connectivity index (χ4n) is 1.82. The summed E-state index contributed by atoms with van der Waals surface area (Å²) in [6.45, 7) is 2.23. The lowest BCUT2D eigenvalue weighted by atomic mass is 10.1. The Labute approximate surface area is 103 Å². The zero-order valence-electron chi connectivity index (χ0n) is 10.2. The molecule has 0 saturated heterocycles. The summed E-state index contributed by atoms with van der Waals surface area (Å²) in [7, 11) is 0. The summed E-state index contributed by atoms with van der Waals surface area (Å²) in [4.78, 5) is 4.18. The van der Waals surface area contributed by atoms with Crippen LogP contribution in [-0.2, 0) is 6.42 Å². The van der Waals surface area contributed by atoms with Crippen molar-refractivity contribution in [3.63, 3.8) is 0 Å². The van der Waals surface area contributed by atoms with Gasteiger partial charge in [-0.25, -0.2) is 4.98 Å². The maximum atomic E-state index is 9.79. The SMILES string of the molecule is CCCCCCCCC(O)Cc1nccs1. The van der Waals surface area contributed by atoms with Gasteiger partial charge in [0, 0.05) is 18.0 Å². The third-order valence-electron chi connectivity index (χ3n) is 2.78. The van der Waals surface area contributed by atoms with Crippen LogP contribution in [0.2, 0.25) is 0 Å². The van der Waals surface area contributed by atoms with E-state index < -0.39 is 0 Å². The first kappa shape index (κ1) is 13.7. The monoisotopic (exact) mass is 241 g/mol. The van der Waals surface area contributed by atoms with E-state index >= 15 is 0 Å². The van der Waals surface area contributed by atoms with Gasteiger partial charge in [-0.1, -0.05) is 45.4 Å². The first-order valence-corrected chi connectivity index (χ1v) is 7.27. The second-order valence-electron chi connectivity index (χ2n) is 4.34. The van der Waals surface area contributed by atoms with Crippen molar-refractivity contribution in [3.8, 4) is 0 Å². The highest BCUT2D eigenvalue weighted by Gasteiger charge is 2.06. The molecular formula is C13H23NOS. The minimum Gasteiger partial charge on any atom is -0.393 e. The first-order chi connectivity index (χ1) is 7.83. The summed E-state index contributed by atoms with van der Waals surface area (Å²) in [6.07, 6.45) is 11.0. The molecule has 0 aromatic carbocycles. The number of aliphatic hydroxyl groups is 1. The van der Waals surface area contributed by atoms with Crippen LogP contribution in [-0.4, -0.2) is 16.2 Å². The minimum absolute atomic E-state index is 0.197. The number of nitrogens with zero attached hydrogens (tertiary/aromatic N) is 1. The predicted octanol–water partition coefficient (Wildman–Crippen LogP) is 3.80. The molecule has 1 N–H and O–H groups in total. The van der Waals surface area contributed by atoms with Gasteiger partial charge in [-0.05, 0) is 6.42 Å². The van der Waals surface area contributed by atoms with E-state index in [0.717, 1.165) is 24.3 Å². The maximum Gasteiger partial charge on any atom is 0.0950 e. The Hall–Kier alpha value is -0.410. The van der Waals surface area contributed by atoms with Gasteiger partial charge < -0.3 is 5.11 Å². The van der Waals surface area contributed by atoms with E-state index in [9.17, 15) is 5.11 Å². The maximum absolute atomic E-state index is 9.79.